The molecule has 2 aromatic carbocycles. The summed E-state index contributed by atoms with van der Waals surface area (Å²) in [6, 6.07) is 13.4. The van der Waals surface area contributed by atoms with Gasteiger partial charge in [-0.3, -0.25) is 4.79 Å². The molecule has 10 heteroatoms. The van der Waals surface area contributed by atoms with Gasteiger partial charge < -0.3 is 20.3 Å². The summed E-state index contributed by atoms with van der Waals surface area (Å²) in [5, 5.41) is 5.79. The van der Waals surface area contributed by atoms with Gasteiger partial charge in [-0.25, -0.2) is 4.98 Å². The standard InChI is InChI=1S/C21H20F3N5O2/c1-13-12-18(29(2)3)28-20(25-13)27-16-8-6-15(7-9-16)26-19(30)14-4-10-17(11-5-14)31-21(22,23)24/h4-12H,1-3H3,(H,26,30)(H,25,27,28). The lowest BCUT2D eigenvalue weighted by atomic mass is 10.2. The summed E-state index contributed by atoms with van der Waals surface area (Å²) in [5.41, 5.74) is 2.25. The van der Waals surface area contributed by atoms with Crippen LogP contribution >= 0.6 is 0 Å². The van der Waals surface area contributed by atoms with Gasteiger partial charge in [-0.2, -0.15) is 4.98 Å². The summed E-state index contributed by atoms with van der Waals surface area (Å²) in [5.74, 6) is 0.361. The Balaban J connectivity index is 1.63. The van der Waals surface area contributed by atoms with Crippen LogP contribution in [0.3, 0.4) is 0 Å². The fourth-order valence-electron chi connectivity index (χ4n) is 2.61. The van der Waals surface area contributed by atoms with Crippen molar-refractivity contribution >= 4 is 29.0 Å². The first-order valence-corrected chi connectivity index (χ1v) is 9.16. The highest BCUT2D eigenvalue weighted by molar-refractivity contribution is 6.04. The maximum absolute atomic E-state index is 12.3. The lowest BCUT2D eigenvalue weighted by Gasteiger charge is -2.14. The number of ether oxygens (including phenoxy) is 1. The molecule has 1 amide bonds. The molecule has 0 radical (unpaired) electrons. The maximum Gasteiger partial charge on any atom is 0.573 e. The van der Waals surface area contributed by atoms with E-state index in [4.69, 9.17) is 0 Å². The molecule has 0 bridgehead atoms. The van der Waals surface area contributed by atoms with Gasteiger partial charge in [0.2, 0.25) is 5.95 Å². The molecule has 1 heterocycles. The van der Waals surface area contributed by atoms with E-state index in [0.717, 1.165) is 29.3 Å². The lowest BCUT2D eigenvalue weighted by molar-refractivity contribution is -0.274. The van der Waals surface area contributed by atoms with E-state index in [-0.39, 0.29) is 5.56 Å². The summed E-state index contributed by atoms with van der Waals surface area (Å²) in [7, 11) is 3.78. The molecule has 0 fully saturated rings. The minimum atomic E-state index is -4.78. The average Bonchev–Trinajstić information content (AvgIpc) is 2.68. The number of carbonyl (C=O) groups is 1. The zero-order chi connectivity index (χ0) is 22.6. The third-order valence-corrected chi connectivity index (χ3v) is 4.05. The van der Waals surface area contributed by atoms with Gasteiger partial charge >= 0.3 is 6.36 Å². The number of hydrogen-bond donors (Lipinski definition) is 2. The fraction of sp³-hybridized carbons (Fsp3) is 0.190. The second-order valence-corrected chi connectivity index (χ2v) is 6.81. The van der Waals surface area contributed by atoms with Crippen LogP contribution in [0.15, 0.2) is 54.6 Å². The van der Waals surface area contributed by atoms with Crippen LogP contribution in [0.2, 0.25) is 0 Å². The van der Waals surface area contributed by atoms with E-state index < -0.39 is 18.0 Å². The highest BCUT2D eigenvalue weighted by Crippen LogP contribution is 2.23. The van der Waals surface area contributed by atoms with Crippen molar-refractivity contribution < 1.29 is 22.7 Å². The van der Waals surface area contributed by atoms with Crippen molar-refractivity contribution in [3.05, 3.63) is 65.9 Å². The second-order valence-electron chi connectivity index (χ2n) is 6.81. The molecule has 0 spiro atoms. The number of nitrogens with one attached hydrogen (secondary N) is 2. The number of halogens is 3. The van der Waals surface area contributed by atoms with Gasteiger partial charge in [0, 0.05) is 42.8 Å². The Bertz CT molecular complexity index is 1050. The molecule has 0 saturated heterocycles. The Morgan fingerprint density at radius 1 is 0.968 bits per heavy atom. The Morgan fingerprint density at radius 3 is 2.16 bits per heavy atom. The molecular formula is C21H20F3N5O2. The van der Waals surface area contributed by atoms with Crippen LogP contribution in [0.4, 0.5) is 36.3 Å². The summed E-state index contributed by atoms with van der Waals surface area (Å²) < 4.78 is 40.4. The zero-order valence-electron chi connectivity index (χ0n) is 17.0. The molecule has 0 atom stereocenters. The predicted molar refractivity (Wildman–Crippen MR) is 112 cm³/mol. The Hall–Kier alpha value is -3.82. The molecule has 0 aliphatic heterocycles. The van der Waals surface area contributed by atoms with Gasteiger partial charge in [0.15, 0.2) is 0 Å². The number of rotatable bonds is 6. The first-order chi connectivity index (χ1) is 14.6. The van der Waals surface area contributed by atoms with Crippen molar-refractivity contribution in [2.24, 2.45) is 0 Å². The molecular weight excluding hydrogens is 411 g/mol. The molecule has 1 aromatic heterocycles. The predicted octanol–water partition coefficient (Wildman–Crippen LogP) is 4.75. The molecule has 31 heavy (non-hydrogen) atoms. The van der Waals surface area contributed by atoms with E-state index in [0.29, 0.717) is 11.6 Å². The molecule has 0 aliphatic rings. The molecule has 2 N–H and O–H groups in total. The number of hydrogen-bond acceptors (Lipinski definition) is 6. The maximum atomic E-state index is 12.3. The number of aryl methyl sites for hydroxylation is 1. The van der Waals surface area contributed by atoms with Crippen molar-refractivity contribution in [2.75, 3.05) is 29.6 Å². The van der Waals surface area contributed by atoms with E-state index in [1.54, 1.807) is 24.3 Å². The van der Waals surface area contributed by atoms with Crippen LogP contribution in [0.25, 0.3) is 0 Å². The van der Waals surface area contributed by atoms with Crippen LogP contribution in [-0.4, -0.2) is 36.3 Å². The molecule has 0 aliphatic carbocycles. The van der Waals surface area contributed by atoms with E-state index in [9.17, 15) is 18.0 Å². The molecule has 162 valence electrons. The number of aromatic nitrogens is 2. The first kappa shape index (κ1) is 21.9. The molecule has 3 aromatic rings. The van der Waals surface area contributed by atoms with Crippen LogP contribution in [-0.2, 0) is 0 Å². The van der Waals surface area contributed by atoms with Crippen LogP contribution in [0, 0.1) is 6.92 Å². The third-order valence-electron chi connectivity index (χ3n) is 4.05. The van der Waals surface area contributed by atoms with Crippen LogP contribution < -0.4 is 20.3 Å². The van der Waals surface area contributed by atoms with Crippen molar-refractivity contribution in [3.8, 4) is 5.75 Å². The summed E-state index contributed by atoms with van der Waals surface area (Å²) >= 11 is 0. The van der Waals surface area contributed by atoms with Crippen LogP contribution in [0.5, 0.6) is 5.75 Å². The quantitative estimate of drug-likeness (QED) is 0.587. The third kappa shape index (κ3) is 6.33. The average molecular weight is 431 g/mol. The van der Waals surface area contributed by atoms with Gasteiger partial charge in [0.05, 0.1) is 0 Å². The van der Waals surface area contributed by atoms with Gasteiger partial charge in [0.25, 0.3) is 5.91 Å². The number of amides is 1. The van der Waals surface area contributed by atoms with E-state index >= 15 is 0 Å². The summed E-state index contributed by atoms with van der Waals surface area (Å²) in [6.45, 7) is 1.88. The van der Waals surface area contributed by atoms with E-state index in [2.05, 4.69) is 25.3 Å². The summed E-state index contributed by atoms with van der Waals surface area (Å²) in [4.78, 5) is 23.0. The van der Waals surface area contributed by atoms with Gasteiger partial charge in [-0.15, -0.1) is 13.2 Å². The first-order valence-electron chi connectivity index (χ1n) is 9.16. The van der Waals surface area contributed by atoms with Crippen molar-refractivity contribution in [1.29, 1.82) is 0 Å². The Kier molecular flexibility index (Phi) is 6.28. The number of carbonyl (C=O) groups excluding carboxylic acids is 1. The van der Waals surface area contributed by atoms with Gasteiger partial charge in [0.1, 0.15) is 11.6 Å². The fourth-order valence-corrected chi connectivity index (χ4v) is 2.61. The Morgan fingerprint density at radius 2 is 1.58 bits per heavy atom. The van der Waals surface area contributed by atoms with Gasteiger partial charge in [-0.05, 0) is 55.5 Å². The zero-order valence-corrected chi connectivity index (χ0v) is 17.0. The smallest absolute Gasteiger partial charge is 0.406 e. The molecule has 0 unspecified atom stereocenters. The molecule has 7 nitrogen and oxygen atoms in total. The summed E-state index contributed by atoms with van der Waals surface area (Å²) in [6.07, 6.45) is -4.78. The normalized spacial score (nSPS) is 11.0. The highest BCUT2D eigenvalue weighted by Gasteiger charge is 2.31. The number of anilines is 4. The Labute approximate surface area is 176 Å². The van der Waals surface area contributed by atoms with Crippen molar-refractivity contribution in [1.82, 2.24) is 9.97 Å². The largest absolute Gasteiger partial charge is 0.573 e. The van der Waals surface area contributed by atoms with E-state index in [1.807, 2.05) is 32.0 Å². The SMILES string of the molecule is Cc1cc(N(C)C)nc(Nc2ccc(NC(=O)c3ccc(OC(F)(F)F)cc3)cc2)n1. The molecule has 3 rings (SSSR count). The van der Waals surface area contributed by atoms with Gasteiger partial charge in [-0.1, -0.05) is 0 Å². The van der Waals surface area contributed by atoms with E-state index in [1.165, 1.54) is 12.1 Å². The minimum Gasteiger partial charge on any atom is -0.406 e. The number of alkyl halides is 3. The second kappa shape index (κ2) is 8.90. The highest BCUT2D eigenvalue weighted by atomic mass is 19.4. The lowest BCUT2D eigenvalue weighted by Crippen LogP contribution is -2.17. The van der Waals surface area contributed by atoms with Crippen LogP contribution in [0.1, 0.15) is 16.1 Å². The van der Waals surface area contributed by atoms with Crippen molar-refractivity contribution in [3.63, 3.8) is 0 Å². The molecule has 0 saturated carbocycles. The number of benzene rings is 2. The van der Waals surface area contributed by atoms with Crippen molar-refractivity contribution in [2.45, 2.75) is 13.3 Å². The number of nitrogens with zero attached hydrogens (tertiary/aromatic N) is 3. The monoisotopic (exact) mass is 431 g/mol. The topological polar surface area (TPSA) is 79.4 Å². The minimum absolute atomic E-state index is 0.195.